The van der Waals surface area contributed by atoms with Gasteiger partial charge >= 0.3 is 0 Å². The van der Waals surface area contributed by atoms with Gasteiger partial charge in [-0.1, -0.05) is 19.3 Å². The first kappa shape index (κ1) is 11.0. The van der Waals surface area contributed by atoms with Gasteiger partial charge in [0, 0.05) is 19.2 Å². The molecule has 3 heteroatoms. The Balaban J connectivity index is 2.45. The van der Waals surface area contributed by atoms with E-state index in [-0.39, 0.29) is 11.8 Å². The summed E-state index contributed by atoms with van der Waals surface area (Å²) in [5.74, 6) is 0.313. The largest absolute Gasteiger partial charge is 0.322 e. The van der Waals surface area contributed by atoms with Crippen molar-refractivity contribution in [2.45, 2.75) is 32.1 Å². The van der Waals surface area contributed by atoms with Crippen LogP contribution >= 0.6 is 0 Å². The molecule has 0 spiro atoms. The monoisotopic (exact) mass is 195 g/mol. The molecule has 1 amide bonds. The molecule has 0 aromatic rings. The minimum Gasteiger partial charge on any atom is -0.322 e. The molecule has 0 aliphatic heterocycles. The summed E-state index contributed by atoms with van der Waals surface area (Å²) in [7, 11) is 1.71. The van der Waals surface area contributed by atoms with Gasteiger partial charge in [-0.25, -0.2) is 0 Å². The number of nitrogens with zero attached hydrogens (tertiary/aromatic N) is 1. The second kappa shape index (κ2) is 5.58. The van der Waals surface area contributed by atoms with E-state index >= 15 is 0 Å². The lowest BCUT2D eigenvalue weighted by Gasteiger charge is -2.24. The van der Waals surface area contributed by atoms with Crippen molar-refractivity contribution in [1.82, 2.24) is 4.90 Å². The lowest BCUT2D eigenvalue weighted by atomic mass is 9.88. The number of hydrogen-bond acceptors (Lipinski definition) is 2. The van der Waals surface area contributed by atoms with Crippen molar-refractivity contribution in [2.24, 2.45) is 5.92 Å². The molecular formula is C11H17NO2. The molecule has 3 nitrogen and oxygen atoms in total. The van der Waals surface area contributed by atoms with E-state index in [1.807, 2.05) is 0 Å². The van der Waals surface area contributed by atoms with Crippen molar-refractivity contribution >= 4 is 12.2 Å². The lowest BCUT2D eigenvalue weighted by Crippen LogP contribution is -2.30. The van der Waals surface area contributed by atoms with Crippen LogP contribution in [0.4, 0.5) is 0 Å². The van der Waals surface area contributed by atoms with Gasteiger partial charge in [0.1, 0.15) is 6.29 Å². The van der Waals surface area contributed by atoms with Gasteiger partial charge in [0.2, 0.25) is 5.91 Å². The van der Waals surface area contributed by atoms with Crippen molar-refractivity contribution < 1.29 is 9.59 Å². The van der Waals surface area contributed by atoms with E-state index in [1.54, 1.807) is 7.05 Å². The van der Waals surface area contributed by atoms with Crippen LogP contribution in [-0.4, -0.2) is 24.1 Å². The van der Waals surface area contributed by atoms with Crippen LogP contribution in [0.3, 0.4) is 0 Å². The van der Waals surface area contributed by atoms with Crippen molar-refractivity contribution in [2.75, 3.05) is 7.05 Å². The predicted molar refractivity (Wildman–Crippen MR) is 54.5 cm³/mol. The highest BCUT2D eigenvalue weighted by Crippen LogP contribution is 2.24. The fourth-order valence-corrected chi connectivity index (χ4v) is 1.88. The van der Waals surface area contributed by atoms with Crippen molar-refractivity contribution in [3.63, 3.8) is 0 Å². The zero-order valence-electron chi connectivity index (χ0n) is 8.61. The highest BCUT2D eigenvalue weighted by Gasteiger charge is 2.22. The molecule has 1 aliphatic carbocycles. The van der Waals surface area contributed by atoms with Gasteiger partial charge in [0.05, 0.1) is 0 Å². The molecule has 0 aromatic heterocycles. The molecule has 1 saturated carbocycles. The summed E-state index contributed by atoms with van der Waals surface area (Å²) >= 11 is 0. The number of amides is 1. The van der Waals surface area contributed by atoms with Gasteiger partial charge in [-0.15, -0.1) is 0 Å². The molecule has 1 aliphatic rings. The van der Waals surface area contributed by atoms with Crippen LogP contribution in [0.2, 0.25) is 0 Å². The number of carbonyl (C=O) groups is 2. The summed E-state index contributed by atoms with van der Waals surface area (Å²) in [5, 5.41) is 0. The van der Waals surface area contributed by atoms with Crippen molar-refractivity contribution in [3.8, 4) is 0 Å². The van der Waals surface area contributed by atoms with E-state index in [2.05, 4.69) is 0 Å². The number of allylic oxidation sites excluding steroid dienone is 1. The molecule has 0 atom stereocenters. The molecule has 1 fully saturated rings. The number of aldehydes is 1. The van der Waals surface area contributed by atoms with Gasteiger partial charge in [0.15, 0.2) is 0 Å². The average molecular weight is 195 g/mol. The third kappa shape index (κ3) is 2.98. The highest BCUT2D eigenvalue weighted by molar-refractivity contribution is 5.80. The van der Waals surface area contributed by atoms with Gasteiger partial charge in [-0.3, -0.25) is 9.59 Å². The van der Waals surface area contributed by atoms with Crippen LogP contribution in [0.1, 0.15) is 32.1 Å². The summed E-state index contributed by atoms with van der Waals surface area (Å²) in [6.07, 6.45) is 9.12. The highest BCUT2D eigenvalue weighted by atomic mass is 16.2. The minimum atomic E-state index is 0.141. The zero-order chi connectivity index (χ0) is 10.4. The number of hydrogen-bond donors (Lipinski definition) is 0. The van der Waals surface area contributed by atoms with E-state index < -0.39 is 0 Å². The van der Waals surface area contributed by atoms with E-state index in [9.17, 15) is 9.59 Å². The third-order valence-corrected chi connectivity index (χ3v) is 2.69. The van der Waals surface area contributed by atoms with Crippen molar-refractivity contribution in [1.29, 1.82) is 0 Å². The zero-order valence-corrected chi connectivity index (χ0v) is 8.61. The van der Waals surface area contributed by atoms with E-state index in [0.717, 1.165) is 25.7 Å². The topological polar surface area (TPSA) is 37.4 Å². The molecule has 0 unspecified atom stereocenters. The first-order valence-electron chi connectivity index (χ1n) is 5.14. The molecular weight excluding hydrogens is 178 g/mol. The van der Waals surface area contributed by atoms with Crippen LogP contribution in [0, 0.1) is 5.92 Å². The Bertz CT molecular complexity index is 229. The van der Waals surface area contributed by atoms with E-state index in [0.29, 0.717) is 6.29 Å². The smallest absolute Gasteiger partial charge is 0.229 e. The lowest BCUT2D eigenvalue weighted by molar-refractivity contribution is -0.132. The van der Waals surface area contributed by atoms with Crippen LogP contribution in [0.25, 0.3) is 0 Å². The summed E-state index contributed by atoms with van der Waals surface area (Å²) in [6.45, 7) is 0. The summed E-state index contributed by atoms with van der Waals surface area (Å²) < 4.78 is 0. The van der Waals surface area contributed by atoms with Gasteiger partial charge in [-0.05, 0) is 18.9 Å². The normalized spacial score (nSPS) is 18.4. The Labute approximate surface area is 84.8 Å². The Morgan fingerprint density at radius 2 is 1.93 bits per heavy atom. The second-order valence-corrected chi connectivity index (χ2v) is 3.76. The SMILES string of the molecule is CN(C=CC=O)C(=O)C1CCCCC1. The maximum absolute atomic E-state index is 11.8. The van der Waals surface area contributed by atoms with Crippen LogP contribution in [0.15, 0.2) is 12.3 Å². The Morgan fingerprint density at radius 3 is 2.50 bits per heavy atom. The maximum Gasteiger partial charge on any atom is 0.229 e. The third-order valence-electron chi connectivity index (χ3n) is 2.69. The van der Waals surface area contributed by atoms with Crippen LogP contribution in [0.5, 0.6) is 0 Å². The molecule has 0 bridgehead atoms. The standard InChI is InChI=1S/C11H17NO2/c1-12(8-5-9-13)11(14)10-6-3-2-4-7-10/h5,8-10H,2-4,6-7H2,1H3. The Morgan fingerprint density at radius 1 is 1.29 bits per heavy atom. The fourth-order valence-electron chi connectivity index (χ4n) is 1.88. The minimum absolute atomic E-state index is 0.141. The molecule has 0 heterocycles. The van der Waals surface area contributed by atoms with E-state index in [1.165, 1.54) is 23.6 Å². The van der Waals surface area contributed by atoms with Gasteiger partial charge in [0.25, 0.3) is 0 Å². The fraction of sp³-hybridized carbons (Fsp3) is 0.636. The Hall–Kier alpha value is -1.12. The number of rotatable bonds is 3. The first-order chi connectivity index (χ1) is 6.75. The first-order valence-corrected chi connectivity index (χ1v) is 5.14. The van der Waals surface area contributed by atoms with Crippen LogP contribution in [-0.2, 0) is 9.59 Å². The number of carbonyl (C=O) groups excluding carboxylic acids is 2. The molecule has 14 heavy (non-hydrogen) atoms. The van der Waals surface area contributed by atoms with Crippen LogP contribution < -0.4 is 0 Å². The predicted octanol–water partition coefficient (Wildman–Crippen LogP) is 1.74. The van der Waals surface area contributed by atoms with Gasteiger partial charge < -0.3 is 4.90 Å². The molecule has 78 valence electrons. The molecule has 0 aromatic carbocycles. The molecule has 0 radical (unpaired) electrons. The van der Waals surface area contributed by atoms with Crippen molar-refractivity contribution in [3.05, 3.63) is 12.3 Å². The quantitative estimate of drug-likeness (QED) is 0.508. The maximum atomic E-state index is 11.8. The second-order valence-electron chi connectivity index (χ2n) is 3.76. The molecule has 0 N–H and O–H groups in total. The molecule has 0 saturated heterocycles. The summed E-state index contributed by atoms with van der Waals surface area (Å²) in [5.41, 5.74) is 0. The Kier molecular flexibility index (Phi) is 4.36. The molecule has 1 rings (SSSR count). The summed E-state index contributed by atoms with van der Waals surface area (Å²) in [4.78, 5) is 23.4. The van der Waals surface area contributed by atoms with Gasteiger partial charge in [-0.2, -0.15) is 0 Å². The van der Waals surface area contributed by atoms with E-state index in [4.69, 9.17) is 0 Å². The summed E-state index contributed by atoms with van der Waals surface area (Å²) in [6, 6.07) is 0. The average Bonchev–Trinajstić information content (AvgIpc) is 2.26.